The fourth-order valence-corrected chi connectivity index (χ4v) is 1.69. The number of carbonyl (C=O) groups excluding carboxylic acids is 1. The van der Waals surface area contributed by atoms with Gasteiger partial charge >= 0.3 is 0 Å². The van der Waals surface area contributed by atoms with Crippen molar-refractivity contribution in [2.75, 3.05) is 7.11 Å². The predicted octanol–water partition coefficient (Wildman–Crippen LogP) is 2.90. The van der Waals surface area contributed by atoms with E-state index in [1.807, 2.05) is 35.8 Å². The molecule has 3 heteroatoms. The third kappa shape index (κ3) is 2.59. The maximum absolute atomic E-state index is 10.6. The van der Waals surface area contributed by atoms with Gasteiger partial charge in [-0.1, -0.05) is 6.92 Å². The zero-order valence-electron chi connectivity index (χ0n) is 8.24. The van der Waals surface area contributed by atoms with E-state index >= 15 is 0 Å². The number of allylic oxidation sites excluding steroid dienone is 1. The Labute approximate surface area is 87.5 Å². The number of hydrogen-bond donors (Lipinski definition) is 0. The minimum atomic E-state index is 0.568. The summed E-state index contributed by atoms with van der Waals surface area (Å²) in [6, 6.07) is 1.97. The molecule has 0 bridgehead atoms. The average Bonchev–Trinajstić information content (AvgIpc) is 2.70. The summed E-state index contributed by atoms with van der Waals surface area (Å²) in [5.74, 6) is 2.49. The maximum Gasteiger partial charge on any atom is 0.133 e. The molecule has 1 aromatic heterocycles. The molecule has 0 aliphatic rings. The van der Waals surface area contributed by atoms with E-state index in [-0.39, 0.29) is 0 Å². The Morgan fingerprint density at radius 1 is 1.71 bits per heavy atom. The average molecular weight is 208 g/mol. The first kappa shape index (κ1) is 10.8. The third-order valence-corrected chi connectivity index (χ3v) is 2.54. The lowest BCUT2D eigenvalue weighted by Crippen LogP contribution is -1.92. The Kier molecular flexibility index (Phi) is 4.17. The van der Waals surface area contributed by atoms with Crippen LogP contribution < -0.4 is 0 Å². The maximum atomic E-state index is 10.6. The van der Waals surface area contributed by atoms with Gasteiger partial charge in [0.05, 0.1) is 12.7 Å². The van der Waals surface area contributed by atoms with Crippen molar-refractivity contribution < 1.29 is 9.53 Å². The molecule has 0 spiro atoms. The zero-order valence-corrected chi connectivity index (χ0v) is 9.06. The first-order chi connectivity index (χ1) is 6.81. The molecule has 1 heterocycles. The lowest BCUT2D eigenvalue weighted by molar-refractivity contribution is 0.303. The molecule has 0 radical (unpaired) electrons. The van der Waals surface area contributed by atoms with Crippen LogP contribution in [0.15, 0.2) is 28.2 Å². The summed E-state index contributed by atoms with van der Waals surface area (Å²) in [7, 11) is 1.56. The number of ether oxygens (including phenoxy) is 1. The molecule has 1 rings (SSSR count). The highest BCUT2D eigenvalue weighted by atomic mass is 32.1. The topological polar surface area (TPSA) is 26.3 Å². The Morgan fingerprint density at radius 2 is 2.50 bits per heavy atom. The minimum Gasteiger partial charge on any atom is -0.496 e. The predicted molar refractivity (Wildman–Crippen MR) is 58.8 cm³/mol. The zero-order chi connectivity index (χ0) is 10.4. The van der Waals surface area contributed by atoms with E-state index in [0.717, 1.165) is 5.56 Å². The second kappa shape index (κ2) is 5.43. The van der Waals surface area contributed by atoms with Crippen molar-refractivity contribution in [3.63, 3.8) is 0 Å². The molecule has 0 saturated carbocycles. The van der Waals surface area contributed by atoms with Gasteiger partial charge in [0.2, 0.25) is 0 Å². The summed E-state index contributed by atoms with van der Waals surface area (Å²) in [5, 5.41) is 3.98. The summed E-state index contributed by atoms with van der Waals surface area (Å²) in [5.41, 5.74) is 1.62. The van der Waals surface area contributed by atoms with Crippen LogP contribution in [0.1, 0.15) is 18.9 Å². The molecule has 0 N–H and O–H groups in total. The molecular weight excluding hydrogens is 196 g/mol. The van der Waals surface area contributed by atoms with Gasteiger partial charge in [0, 0.05) is 0 Å². The molecule has 0 unspecified atom stereocenters. The van der Waals surface area contributed by atoms with Gasteiger partial charge in [0.15, 0.2) is 0 Å². The summed E-state index contributed by atoms with van der Waals surface area (Å²) in [4.78, 5) is 10.6. The fourth-order valence-electron chi connectivity index (χ4n) is 1.07. The van der Waals surface area contributed by atoms with Crippen molar-refractivity contribution in [3.8, 4) is 0 Å². The lowest BCUT2D eigenvalue weighted by Gasteiger charge is -2.04. The van der Waals surface area contributed by atoms with Crippen molar-refractivity contribution in [1.82, 2.24) is 0 Å². The minimum absolute atomic E-state index is 0.568. The van der Waals surface area contributed by atoms with Crippen LogP contribution in [-0.4, -0.2) is 13.1 Å². The molecule has 0 aliphatic heterocycles. The summed E-state index contributed by atoms with van der Waals surface area (Å²) >= 11 is 1.61. The Morgan fingerprint density at radius 3 is 2.93 bits per heavy atom. The molecule has 0 amide bonds. The highest BCUT2D eigenvalue weighted by molar-refractivity contribution is 7.08. The van der Waals surface area contributed by atoms with Crippen molar-refractivity contribution in [2.24, 2.45) is 0 Å². The largest absolute Gasteiger partial charge is 0.496 e. The van der Waals surface area contributed by atoms with Gasteiger partial charge in [-0.2, -0.15) is 11.3 Å². The smallest absolute Gasteiger partial charge is 0.133 e. The number of hydrogen-bond acceptors (Lipinski definition) is 3. The molecule has 0 fully saturated rings. The molecule has 0 aliphatic carbocycles. The second-order valence-corrected chi connectivity index (χ2v) is 3.48. The molecule has 0 atom stereocenters. The van der Waals surface area contributed by atoms with E-state index in [2.05, 4.69) is 0 Å². The molecule has 0 saturated heterocycles. The summed E-state index contributed by atoms with van der Waals surface area (Å²) in [6.07, 6.45) is 2.48. The van der Waals surface area contributed by atoms with E-state index in [4.69, 9.17) is 4.74 Å². The van der Waals surface area contributed by atoms with Gasteiger partial charge in [0.1, 0.15) is 11.7 Å². The lowest BCUT2D eigenvalue weighted by atomic mass is 10.1. The highest BCUT2D eigenvalue weighted by Crippen LogP contribution is 2.17. The van der Waals surface area contributed by atoms with Crippen LogP contribution in [0.3, 0.4) is 0 Å². The van der Waals surface area contributed by atoms with Gasteiger partial charge in [-0.05, 0) is 34.9 Å². The van der Waals surface area contributed by atoms with Crippen LogP contribution in [0.25, 0.3) is 6.08 Å². The van der Waals surface area contributed by atoms with Crippen molar-refractivity contribution in [1.29, 1.82) is 0 Å². The second-order valence-electron chi connectivity index (χ2n) is 2.70. The Hall–Kier alpha value is -1.31. The summed E-state index contributed by atoms with van der Waals surface area (Å²) in [6.45, 7) is 1.90. The van der Waals surface area contributed by atoms with E-state index in [1.165, 1.54) is 0 Å². The first-order valence-electron chi connectivity index (χ1n) is 4.34. The van der Waals surface area contributed by atoms with Crippen LogP contribution in [0.5, 0.6) is 0 Å². The van der Waals surface area contributed by atoms with Crippen molar-refractivity contribution >= 4 is 23.4 Å². The molecule has 0 aromatic carbocycles. The van der Waals surface area contributed by atoms with Gasteiger partial charge in [-0.3, -0.25) is 0 Å². The van der Waals surface area contributed by atoms with Gasteiger partial charge in [0.25, 0.3) is 0 Å². The molecular formula is C11H12O2S. The Balaban J connectivity index is 2.97. The quantitative estimate of drug-likeness (QED) is 0.432. The number of thiophene rings is 1. The molecule has 1 aromatic rings. The van der Waals surface area contributed by atoms with E-state index in [9.17, 15) is 4.79 Å². The van der Waals surface area contributed by atoms with Crippen LogP contribution in [0, 0.1) is 0 Å². The fraction of sp³-hybridized carbons (Fsp3) is 0.273. The van der Waals surface area contributed by atoms with Crippen LogP contribution in [-0.2, 0) is 9.53 Å². The standard InChI is InChI=1S/C11H12O2S/c1-3-10(7-12)11(13-2)6-9-4-5-14-8-9/h4-6,8H,3H2,1-2H3/b11-6+. The van der Waals surface area contributed by atoms with E-state index in [0.29, 0.717) is 17.8 Å². The van der Waals surface area contributed by atoms with Crippen molar-refractivity contribution in [2.45, 2.75) is 13.3 Å². The van der Waals surface area contributed by atoms with Gasteiger partial charge in [-0.15, -0.1) is 0 Å². The monoisotopic (exact) mass is 208 g/mol. The number of rotatable bonds is 4. The first-order valence-corrected chi connectivity index (χ1v) is 5.28. The third-order valence-electron chi connectivity index (χ3n) is 1.84. The van der Waals surface area contributed by atoms with E-state index < -0.39 is 0 Å². The SMILES string of the molecule is CCC(=C=O)/C(=C\c1ccsc1)OC. The normalized spacial score (nSPS) is 10.9. The molecule has 14 heavy (non-hydrogen) atoms. The molecule has 2 nitrogen and oxygen atoms in total. The van der Waals surface area contributed by atoms with Crippen LogP contribution in [0.2, 0.25) is 0 Å². The Bertz CT molecular complexity index is 357. The van der Waals surface area contributed by atoms with Gasteiger partial charge < -0.3 is 4.74 Å². The number of methoxy groups -OCH3 is 1. The summed E-state index contributed by atoms with van der Waals surface area (Å²) < 4.78 is 5.13. The highest BCUT2D eigenvalue weighted by Gasteiger charge is 2.04. The van der Waals surface area contributed by atoms with Crippen LogP contribution in [0.4, 0.5) is 0 Å². The van der Waals surface area contributed by atoms with Gasteiger partial charge in [-0.25, -0.2) is 4.79 Å². The van der Waals surface area contributed by atoms with E-state index in [1.54, 1.807) is 18.4 Å². The van der Waals surface area contributed by atoms with Crippen molar-refractivity contribution in [3.05, 3.63) is 33.7 Å². The van der Waals surface area contributed by atoms with Crippen LogP contribution >= 0.6 is 11.3 Å². The molecule has 74 valence electrons.